The predicted molar refractivity (Wildman–Crippen MR) is 54.0 cm³/mol. The summed E-state index contributed by atoms with van der Waals surface area (Å²) in [5.74, 6) is -1.80. The molecular weight excluding hydrogens is 238 g/mol. The van der Waals surface area contributed by atoms with Crippen LogP contribution in [-0.4, -0.2) is 12.5 Å². The van der Waals surface area contributed by atoms with Gasteiger partial charge >= 0.3 is 6.18 Å². The first-order valence-electron chi connectivity index (χ1n) is 5.01. The van der Waals surface area contributed by atoms with E-state index in [1.165, 1.54) is 0 Å². The predicted octanol–water partition coefficient (Wildman–Crippen LogP) is 2.98. The molecule has 1 rings (SSSR count). The average molecular weight is 249 g/mol. The first-order valence-corrected chi connectivity index (χ1v) is 5.01. The van der Waals surface area contributed by atoms with E-state index in [4.69, 9.17) is 0 Å². The van der Waals surface area contributed by atoms with Crippen LogP contribution in [0.5, 0.6) is 0 Å². The number of hydrogen-bond donors (Lipinski definition) is 1. The van der Waals surface area contributed by atoms with Crippen molar-refractivity contribution in [3.05, 3.63) is 35.1 Å². The third-order valence-electron chi connectivity index (χ3n) is 2.07. The molecule has 0 saturated carbocycles. The number of alkyl halides is 3. The van der Waals surface area contributed by atoms with E-state index in [2.05, 4.69) is 5.32 Å². The van der Waals surface area contributed by atoms with E-state index in [1.54, 1.807) is 6.92 Å². The van der Waals surface area contributed by atoms with Gasteiger partial charge in [-0.05, 0) is 24.6 Å². The number of hydrogen-bond acceptors (Lipinski definition) is 1. The number of carbonyl (C=O) groups is 1. The molecule has 1 aromatic rings. The smallest absolute Gasteiger partial charge is 0.352 e. The lowest BCUT2D eigenvalue weighted by Crippen LogP contribution is -2.25. The van der Waals surface area contributed by atoms with E-state index in [0.29, 0.717) is 24.6 Å². The molecule has 94 valence electrons. The van der Waals surface area contributed by atoms with Crippen LogP contribution in [0.25, 0.3) is 0 Å². The highest BCUT2D eigenvalue weighted by Gasteiger charge is 2.31. The lowest BCUT2D eigenvalue weighted by molar-refractivity contribution is -0.137. The van der Waals surface area contributed by atoms with Crippen LogP contribution >= 0.6 is 0 Å². The molecule has 0 aliphatic carbocycles. The zero-order valence-electron chi connectivity index (χ0n) is 9.07. The van der Waals surface area contributed by atoms with Gasteiger partial charge in [-0.15, -0.1) is 0 Å². The summed E-state index contributed by atoms with van der Waals surface area (Å²) in [6.45, 7) is 2.07. The Balaban J connectivity index is 3.02. The molecule has 2 nitrogen and oxygen atoms in total. The molecule has 1 aromatic carbocycles. The highest BCUT2D eigenvalue weighted by Crippen LogP contribution is 2.30. The second-order valence-corrected chi connectivity index (χ2v) is 3.45. The summed E-state index contributed by atoms with van der Waals surface area (Å²) in [7, 11) is 0. The Morgan fingerprint density at radius 2 is 2.00 bits per heavy atom. The summed E-state index contributed by atoms with van der Waals surface area (Å²) in [5.41, 5.74) is -1.63. The van der Waals surface area contributed by atoms with E-state index in [1.807, 2.05) is 0 Å². The molecule has 0 heterocycles. The number of halogens is 4. The molecule has 17 heavy (non-hydrogen) atoms. The van der Waals surface area contributed by atoms with Gasteiger partial charge in [-0.1, -0.05) is 6.92 Å². The zero-order chi connectivity index (χ0) is 13.1. The Hall–Kier alpha value is -1.59. The third-order valence-corrected chi connectivity index (χ3v) is 2.07. The Morgan fingerprint density at radius 3 is 2.53 bits per heavy atom. The van der Waals surface area contributed by atoms with Gasteiger partial charge in [-0.2, -0.15) is 13.2 Å². The zero-order valence-corrected chi connectivity index (χ0v) is 9.07. The second kappa shape index (κ2) is 5.16. The van der Waals surface area contributed by atoms with Crippen molar-refractivity contribution in [1.82, 2.24) is 5.32 Å². The van der Waals surface area contributed by atoms with Crippen molar-refractivity contribution in [2.45, 2.75) is 19.5 Å². The van der Waals surface area contributed by atoms with E-state index in [9.17, 15) is 22.4 Å². The summed E-state index contributed by atoms with van der Waals surface area (Å²) >= 11 is 0. The van der Waals surface area contributed by atoms with Crippen LogP contribution in [0, 0.1) is 5.82 Å². The summed E-state index contributed by atoms with van der Waals surface area (Å²) < 4.78 is 50.3. The number of benzene rings is 1. The molecule has 0 atom stereocenters. The highest BCUT2D eigenvalue weighted by molar-refractivity contribution is 5.94. The number of nitrogens with one attached hydrogen (secondary N) is 1. The monoisotopic (exact) mass is 249 g/mol. The maximum Gasteiger partial charge on any atom is 0.416 e. The molecule has 0 bridgehead atoms. The quantitative estimate of drug-likeness (QED) is 0.820. The van der Waals surface area contributed by atoms with Crippen LogP contribution in [0.15, 0.2) is 18.2 Å². The SMILES string of the molecule is CCCNC(=O)c1cc(C(F)(F)F)ccc1F. The lowest BCUT2D eigenvalue weighted by atomic mass is 10.1. The molecule has 1 N–H and O–H groups in total. The van der Waals surface area contributed by atoms with E-state index >= 15 is 0 Å². The van der Waals surface area contributed by atoms with Gasteiger partial charge in [0, 0.05) is 6.54 Å². The van der Waals surface area contributed by atoms with Crippen molar-refractivity contribution in [2.24, 2.45) is 0 Å². The van der Waals surface area contributed by atoms with Crippen molar-refractivity contribution in [3.63, 3.8) is 0 Å². The topological polar surface area (TPSA) is 29.1 Å². The molecule has 0 unspecified atom stereocenters. The molecule has 6 heteroatoms. The van der Waals surface area contributed by atoms with Crippen LogP contribution in [0.4, 0.5) is 17.6 Å². The molecule has 0 aromatic heterocycles. The van der Waals surface area contributed by atoms with Gasteiger partial charge in [0.25, 0.3) is 5.91 Å². The van der Waals surface area contributed by atoms with Gasteiger partial charge in [0.05, 0.1) is 11.1 Å². The third kappa shape index (κ3) is 3.44. The first-order chi connectivity index (χ1) is 7.86. The summed E-state index contributed by atoms with van der Waals surface area (Å²) in [6.07, 6.45) is -3.97. The molecule has 0 fully saturated rings. The fourth-order valence-electron chi connectivity index (χ4n) is 1.21. The Bertz CT molecular complexity index is 414. The molecule has 0 spiro atoms. The number of amides is 1. The number of carbonyl (C=O) groups excluding carboxylic acids is 1. The fraction of sp³-hybridized carbons (Fsp3) is 0.364. The molecule has 0 aliphatic heterocycles. The highest BCUT2D eigenvalue weighted by atomic mass is 19.4. The summed E-state index contributed by atoms with van der Waals surface area (Å²) in [6, 6.07) is 1.76. The summed E-state index contributed by atoms with van der Waals surface area (Å²) in [5, 5.41) is 2.32. The van der Waals surface area contributed by atoms with Gasteiger partial charge < -0.3 is 5.32 Å². The largest absolute Gasteiger partial charge is 0.416 e. The second-order valence-electron chi connectivity index (χ2n) is 3.45. The molecular formula is C11H11F4NO. The standard InChI is InChI=1S/C11H11F4NO/c1-2-5-16-10(17)8-6-7(11(13,14)15)3-4-9(8)12/h3-4,6H,2,5H2,1H3,(H,16,17). The minimum Gasteiger partial charge on any atom is -0.352 e. The van der Waals surface area contributed by atoms with E-state index in [0.717, 1.165) is 0 Å². The van der Waals surface area contributed by atoms with Gasteiger partial charge in [0.15, 0.2) is 0 Å². The maximum absolute atomic E-state index is 13.2. The van der Waals surface area contributed by atoms with Crippen molar-refractivity contribution in [3.8, 4) is 0 Å². The Morgan fingerprint density at radius 1 is 1.35 bits per heavy atom. The maximum atomic E-state index is 13.2. The van der Waals surface area contributed by atoms with Crippen LogP contribution in [0.1, 0.15) is 29.3 Å². The van der Waals surface area contributed by atoms with Crippen molar-refractivity contribution in [1.29, 1.82) is 0 Å². The normalized spacial score (nSPS) is 11.4. The summed E-state index contributed by atoms with van der Waals surface area (Å²) in [4.78, 5) is 11.4. The van der Waals surface area contributed by atoms with Crippen molar-refractivity contribution in [2.75, 3.05) is 6.54 Å². The molecule has 0 aliphatic rings. The molecule has 0 radical (unpaired) electrons. The number of rotatable bonds is 3. The van der Waals surface area contributed by atoms with Crippen LogP contribution in [0.3, 0.4) is 0 Å². The van der Waals surface area contributed by atoms with Gasteiger partial charge in [0.2, 0.25) is 0 Å². The van der Waals surface area contributed by atoms with Gasteiger partial charge in [-0.3, -0.25) is 4.79 Å². The fourth-order valence-corrected chi connectivity index (χ4v) is 1.21. The van der Waals surface area contributed by atoms with Gasteiger partial charge in [0.1, 0.15) is 5.82 Å². The Kier molecular flexibility index (Phi) is 4.09. The van der Waals surface area contributed by atoms with Crippen LogP contribution < -0.4 is 5.32 Å². The van der Waals surface area contributed by atoms with Crippen LogP contribution in [-0.2, 0) is 6.18 Å². The van der Waals surface area contributed by atoms with E-state index < -0.39 is 29.0 Å². The molecule has 0 saturated heterocycles. The minimum atomic E-state index is -4.59. The van der Waals surface area contributed by atoms with Crippen LogP contribution in [0.2, 0.25) is 0 Å². The average Bonchev–Trinajstić information content (AvgIpc) is 2.24. The minimum absolute atomic E-state index is 0.286. The lowest BCUT2D eigenvalue weighted by Gasteiger charge is -2.09. The van der Waals surface area contributed by atoms with Crippen molar-refractivity contribution >= 4 is 5.91 Å². The Labute approximate surface area is 95.6 Å². The van der Waals surface area contributed by atoms with Crippen molar-refractivity contribution < 1.29 is 22.4 Å². The molecule has 1 amide bonds. The van der Waals surface area contributed by atoms with E-state index in [-0.39, 0.29) is 6.54 Å². The first kappa shape index (κ1) is 13.5. The van der Waals surface area contributed by atoms with Gasteiger partial charge in [-0.25, -0.2) is 4.39 Å².